The highest BCUT2D eigenvalue weighted by Crippen LogP contribution is 2.24. The number of nitrogens with two attached hydrogens (primary N) is 1. The van der Waals surface area contributed by atoms with E-state index in [-0.39, 0.29) is 5.54 Å². The first-order valence-electron chi connectivity index (χ1n) is 6.38. The van der Waals surface area contributed by atoms with E-state index in [0.29, 0.717) is 0 Å². The monoisotopic (exact) mass is 250 g/mol. The van der Waals surface area contributed by atoms with Gasteiger partial charge in [-0.25, -0.2) is 0 Å². The zero-order chi connectivity index (χ0) is 13.0. The van der Waals surface area contributed by atoms with Gasteiger partial charge in [-0.2, -0.15) is 0 Å². The summed E-state index contributed by atoms with van der Waals surface area (Å²) in [7, 11) is 1.67. The summed E-state index contributed by atoms with van der Waals surface area (Å²) < 4.78 is 10.9. The van der Waals surface area contributed by atoms with Gasteiger partial charge in [0.25, 0.3) is 0 Å². The maximum Gasteiger partial charge on any atom is 0.125 e. The van der Waals surface area contributed by atoms with E-state index >= 15 is 0 Å². The summed E-state index contributed by atoms with van der Waals surface area (Å²) in [5, 5.41) is 3.56. The first-order valence-corrected chi connectivity index (χ1v) is 6.38. The molecule has 2 rings (SSSR count). The minimum atomic E-state index is 0.0602. The SMILES string of the molecule is COc1cc(N)ccc1CNC1(C)CCCOC1. The summed E-state index contributed by atoms with van der Waals surface area (Å²) in [6.07, 6.45) is 2.26. The number of nitrogen functional groups attached to an aromatic ring is 1. The number of ether oxygens (including phenoxy) is 2. The van der Waals surface area contributed by atoms with Crippen LogP contribution in [0.5, 0.6) is 5.75 Å². The molecule has 0 saturated carbocycles. The predicted molar refractivity (Wildman–Crippen MR) is 72.7 cm³/mol. The van der Waals surface area contributed by atoms with Crippen molar-refractivity contribution in [1.82, 2.24) is 5.32 Å². The van der Waals surface area contributed by atoms with Crippen molar-refractivity contribution in [2.24, 2.45) is 0 Å². The molecule has 1 atom stereocenters. The zero-order valence-corrected chi connectivity index (χ0v) is 11.2. The van der Waals surface area contributed by atoms with E-state index in [1.807, 2.05) is 18.2 Å². The van der Waals surface area contributed by atoms with Crippen molar-refractivity contribution in [3.05, 3.63) is 23.8 Å². The van der Waals surface area contributed by atoms with Crippen molar-refractivity contribution in [3.63, 3.8) is 0 Å². The Morgan fingerprint density at radius 2 is 2.33 bits per heavy atom. The van der Waals surface area contributed by atoms with E-state index < -0.39 is 0 Å². The predicted octanol–water partition coefficient (Wildman–Crippen LogP) is 1.94. The molecule has 0 amide bonds. The first kappa shape index (κ1) is 13.2. The van der Waals surface area contributed by atoms with Gasteiger partial charge >= 0.3 is 0 Å². The van der Waals surface area contributed by atoms with Crippen LogP contribution in [0.2, 0.25) is 0 Å². The van der Waals surface area contributed by atoms with Crippen molar-refractivity contribution in [1.29, 1.82) is 0 Å². The summed E-state index contributed by atoms with van der Waals surface area (Å²) in [6, 6.07) is 5.77. The summed E-state index contributed by atoms with van der Waals surface area (Å²) in [5.74, 6) is 0.836. The lowest BCUT2D eigenvalue weighted by Gasteiger charge is -2.34. The molecule has 100 valence electrons. The largest absolute Gasteiger partial charge is 0.496 e. The van der Waals surface area contributed by atoms with Gasteiger partial charge in [-0.3, -0.25) is 0 Å². The molecule has 1 unspecified atom stereocenters. The van der Waals surface area contributed by atoms with Gasteiger partial charge < -0.3 is 20.5 Å². The third-order valence-corrected chi connectivity index (χ3v) is 3.45. The number of hydrogen-bond acceptors (Lipinski definition) is 4. The molecule has 4 nitrogen and oxygen atoms in total. The maximum absolute atomic E-state index is 5.75. The van der Waals surface area contributed by atoms with Crippen LogP contribution in [-0.4, -0.2) is 25.9 Å². The average molecular weight is 250 g/mol. The van der Waals surface area contributed by atoms with Crippen LogP contribution in [0.15, 0.2) is 18.2 Å². The molecule has 18 heavy (non-hydrogen) atoms. The summed E-state index contributed by atoms with van der Waals surface area (Å²) in [5.41, 5.74) is 7.66. The lowest BCUT2D eigenvalue weighted by molar-refractivity contribution is 0.0277. The fourth-order valence-electron chi connectivity index (χ4n) is 2.29. The third kappa shape index (κ3) is 3.15. The van der Waals surface area contributed by atoms with E-state index in [4.69, 9.17) is 15.2 Å². The molecule has 4 heteroatoms. The molecule has 1 aromatic rings. The van der Waals surface area contributed by atoms with Gasteiger partial charge in [0.05, 0.1) is 13.7 Å². The molecule has 0 aromatic heterocycles. The molecule has 0 spiro atoms. The second kappa shape index (κ2) is 5.59. The highest BCUT2D eigenvalue weighted by Gasteiger charge is 2.26. The second-order valence-electron chi connectivity index (χ2n) is 5.14. The molecule has 0 bridgehead atoms. The van der Waals surface area contributed by atoms with Gasteiger partial charge in [-0.15, -0.1) is 0 Å². The number of benzene rings is 1. The van der Waals surface area contributed by atoms with Gasteiger partial charge in [0, 0.05) is 36.0 Å². The normalized spacial score (nSPS) is 23.9. The van der Waals surface area contributed by atoms with Gasteiger partial charge in [0.2, 0.25) is 0 Å². The van der Waals surface area contributed by atoms with Crippen LogP contribution in [0.25, 0.3) is 0 Å². The van der Waals surface area contributed by atoms with Crippen molar-refractivity contribution in [2.75, 3.05) is 26.1 Å². The molecule has 1 fully saturated rings. The molecule has 1 aliphatic rings. The zero-order valence-electron chi connectivity index (χ0n) is 11.2. The quantitative estimate of drug-likeness (QED) is 0.802. The highest BCUT2D eigenvalue weighted by atomic mass is 16.5. The van der Waals surface area contributed by atoms with Crippen LogP contribution in [0.3, 0.4) is 0 Å². The minimum absolute atomic E-state index is 0.0602. The molecule has 1 saturated heterocycles. The van der Waals surface area contributed by atoms with Crippen LogP contribution < -0.4 is 15.8 Å². The van der Waals surface area contributed by atoms with E-state index in [9.17, 15) is 0 Å². The molecule has 0 aliphatic carbocycles. The van der Waals surface area contributed by atoms with Gasteiger partial charge in [0.1, 0.15) is 5.75 Å². The summed E-state index contributed by atoms with van der Waals surface area (Å²) in [6.45, 7) is 4.62. The average Bonchev–Trinajstić information content (AvgIpc) is 2.38. The second-order valence-corrected chi connectivity index (χ2v) is 5.14. The Hall–Kier alpha value is -1.26. The lowest BCUT2D eigenvalue weighted by Crippen LogP contribution is -2.48. The lowest BCUT2D eigenvalue weighted by atomic mass is 9.94. The van der Waals surface area contributed by atoms with Crippen molar-refractivity contribution >= 4 is 5.69 Å². The summed E-state index contributed by atoms with van der Waals surface area (Å²) >= 11 is 0. The fraction of sp³-hybridized carbons (Fsp3) is 0.571. The van der Waals surface area contributed by atoms with Crippen LogP contribution in [0.4, 0.5) is 5.69 Å². The Balaban J connectivity index is 2.01. The number of methoxy groups -OCH3 is 1. The first-order chi connectivity index (χ1) is 8.63. The van der Waals surface area contributed by atoms with E-state index in [2.05, 4.69) is 12.2 Å². The van der Waals surface area contributed by atoms with Crippen molar-refractivity contribution in [3.8, 4) is 5.75 Å². The molecular formula is C14H22N2O2. The molecule has 0 radical (unpaired) electrons. The number of nitrogens with one attached hydrogen (secondary N) is 1. The van der Waals surface area contributed by atoms with Gasteiger partial charge in [-0.1, -0.05) is 6.07 Å². The number of anilines is 1. The molecular weight excluding hydrogens is 228 g/mol. The van der Waals surface area contributed by atoms with Crippen molar-refractivity contribution < 1.29 is 9.47 Å². The summed E-state index contributed by atoms with van der Waals surface area (Å²) in [4.78, 5) is 0. The van der Waals surface area contributed by atoms with Crippen LogP contribution in [-0.2, 0) is 11.3 Å². The smallest absolute Gasteiger partial charge is 0.125 e. The Labute approximate surface area is 108 Å². The van der Waals surface area contributed by atoms with Gasteiger partial charge in [-0.05, 0) is 25.8 Å². The Morgan fingerprint density at radius 3 is 3.00 bits per heavy atom. The molecule has 3 N–H and O–H groups in total. The number of rotatable bonds is 4. The van der Waals surface area contributed by atoms with Gasteiger partial charge in [0.15, 0.2) is 0 Å². The standard InChI is InChI=1S/C14H22N2O2/c1-14(6-3-7-18-10-14)16-9-11-4-5-12(15)8-13(11)17-2/h4-5,8,16H,3,6-7,9-10,15H2,1-2H3. The van der Waals surface area contributed by atoms with Crippen LogP contribution >= 0.6 is 0 Å². The van der Waals surface area contributed by atoms with E-state index in [1.165, 1.54) is 0 Å². The Kier molecular flexibility index (Phi) is 4.09. The minimum Gasteiger partial charge on any atom is -0.496 e. The Bertz CT molecular complexity index is 401. The van der Waals surface area contributed by atoms with E-state index in [1.54, 1.807) is 7.11 Å². The topological polar surface area (TPSA) is 56.5 Å². The molecule has 1 aromatic carbocycles. The third-order valence-electron chi connectivity index (χ3n) is 3.45. The van der Waals surface area contributed by atoms with Crippen molar-refractivity contribution in [2.45, 2.75) is 31.8 Å². The Morgan fingerprint density at radius 1 is 1.50 bits per heavy atom. The fourth-order valence-corrected chi connectivity index (χ4v) is 2.29. The highest BCUT2D eigenvalue weighted by molar-refractivity contribution is 5.48. The molecule has 1 aliphatic heterocycles. The van der Waals surface area contributed by atoms with Crippen LogP contribution in [0, 0.1) is 0 Å². The maximum atomic E-state index is 5.75. The molecule has 1 heterocycles. The van der Waals surface area contributed by atoms with Crippen LogP contribution in [0.1, 0.15) is 25.3 Å². The van der Waals surface area contributed by atoms with E-state index in [0.717, 1.165) is 49.6 Å². The number of hydrogen-bond donors (Lipinski definition) is 2.